The third-order valence-corrected chi connectivity index (χ3v) is 6.75. The van der Waals surface area contributed by atoms with Crippen LogP contribution in [0, 0.1) is 0 Å². The van der Waals surface area contributed by atoms with Gasteiger partial charge in [0.05, 0.1) is 19.4 Å². The van der Waals surface area contributed by atoms with Crippen LogP contribution in [0.2, 0.25) is 0 Å². The number of aliphatic hydroxyl groups is 1. The van der Waals surface area contributed by atoms with Gasteiger partial charge in [-0.3, -0.25) is 4.48 Å². The van der Waals surface area contributed by atoms with Crippen molar-refractivity contribution in [3.8, 4) is 0 Å². The Kier molecular flexibility index (Phi) is 16.5. The van der Waals surface area contributed by atoms with Gasteiger partial charge in [-0.1, -0.05) is 83.3 Å². The van der Waals surface area contributed by atoms with Crippen LogP contribution in [-0.2, 0) is 0 Å². The molecule has 0 aromatic carbocycles. The van der Waals surface area contributed by atoms with Gasteiger partial charge in [0.1, 0.15) is 13.1 Å². The van der Waals surface area contributed by atoms with E-state index in [-0.39, 0.29) is 6.61 Å². The van der Waals surface area contributed by atoms with Crippen LogP contribution in [-0.4, -0.2) is 48.2 Å². The Bertz CT molecular complexity index is 421. The Labute approximate surface area is 182 Å². The molecule has 1 heterocycles. The number of aliphatic hydroxyl groups excluding tert-OH is 1. The van der Waals surface area contributed by atoms with Crippen molar-refractivity contribution < 1.29 is 9.59 Å². The third kappa shape index (κ3) is 11.9. The highest BCUT2D eigenvalue weighted by atomic mass is 16.3. The molecule has 0 saturated carbocycles. The van der Waals surface area contributed by atoms with Gasteiger partial charge in [-0.2, -0.15) is 0 Å². The summed E-state index contributed by atoms with van der Waals surface area (Å²) in [5, 5.41) is 9.39. The van der Waals surface area contributed by atoms with E-state index >= 15 is 0 Å². The number of hydrogen-bond acceptors (Lipinski definition) is 2. The maximum absolute atomic E-state index is 9.39. The second-order valence-electron chi connectivity index (χ2n) is 9.06. The molecule has 1 aliphatic rings. The number of nitrogens with zero attached hydrogens (tertiary/aromatic N) is 2. The fourth-order valence-corrected chi connectivity index (χ4v) is 4.63. The van der Waals surface area contributed by atoms with E-state index in [1.807, 2.05) is 0 Å². The SMILES string of the molecule is CCCCC/C=C/CCCCCCCCCCCCC1N=CC[N+]1(CC)CCO. The van der Waals surface area contributed by atoms with E-state index in [1.165, 1.54) is 103 Å². The Balaban J connectivity index is 1.86. The highest BCUT2D eigenvalue weighted by Crippen LogP contribution is 2.24. The summed E-state index contributed by atoms with van der Waals surface area (Å²) in [6, 6.07) is 0. The van der Waals surface area contributed by atoms with Crippen molar-refractivity contribution in [2.75, 3.05) is 26.2 Å². The molecule has 0 saturated heterocycles. The number of unbranched alkanes of at least 4 members (excludes halogenated alkanes) is 13. The summed E-state index contributed by atoms with van der Waals surface area (Å²) in [6.45, 7) is 7.74. The minimum Gasteiger partial charge on any atom is -0.391 e. The summed E-state index contributed by atoms with van der Waals surface area (Å²) >= 11 is 0. The molecule has 1 N–H and O–H groups in total. The van der Waals surface area contributed by atoms with Crippen molar-refractivity contribution in [3.05, 3.63) is 12.2 Å². The molecule has 0 radical (unpaired) electrons. The molecule has 3 nitrogen and oxygen atoms in total. The van der Waals surface area contributed by atoms with Crippen molar-refractivity contribution in [1.29, 1.82) is 0 Å². The van der Waals surface area contributed by atoms with E-state index in [2.05, 4.69) is 32.2 Å². The van der Waals surface area contributed by atoms with Crippen LogP contribution >= 0.6 is 0 Å². The Morgan fingerprint density at radius 2 is 1.38 bits per heavy atom. The van der Waals surface area contributed by atoms with Gasteiger partial charge in [-0.25, -0.2) is 4.99 Å². The number of hydrogen-bond donors (Lipinski definition) is 1. The van der Waals surface area contributed by atoms with Gasteiger partial charge in [-0.05, 0) is 39.0 Å². The normalized spacial score (nSPS) is 21.6. The molecule has 0 fully saturated rings. The second kappa shape index (κ2) is 18.1. The first-order chi connectivity index (χ1) is 14.3. The Morgan fingerprint density at radius 1 is 0.828 bits per heavy atom. The van der Waals surface area contributed by atoms with Crippen LogP contribution < -0.4 is 0 Å². The first kappa shape index (κ1) is 26.4. The van der Waals surface area contributed by atoms with Crippen molar-refractivity contribution >= 4 is 6.21 Å². The van der Waals surface area contributed by atoms with Crippen LogP contribution in [0.5, 0.6) is 0 Å². The van der Waals surface area contributed by atoms with Crippen LogP contribution in [0.25, 0.3) is 0 Å². The van der Waals surface area contributed by atoms with E-state index < -0.39 is 0 Å². The fraction of sp³-hybridized carbons (Fsp3) is 0.885. The van der Waals surface area contributed by atoms with Gasteiger partial charge in [0, 0.05) is 6.42 Å². The predicted octanol–water partition coefficient (Wildman–Crippen LogP) is 7.04. The van der Waals surface area contributed by atoms with Crippen LogP contribution in [0.4, 0.5) is 0 Å². The number of quaternary nitrogens is 1. The minimum absolute atomic E-state index is 0.281. The quantitative estimate of drug-likeness (QED) is 0.131. The zero-order chi connectivity index (χ0) is 21.0. The van der Waals surface area contributed by atoms with Crippen molar-refractivity contribution in [1.82, 2.24) is 0 Å². The second-order valence-corrected chi connectivity index (χ2v) is 9.06. The lowest BCUT2D eigenvalue weighted by Gasteiger charge is -2.37. The molecule has 170 valence electrons. The summed E-state index contributed by atoms with van der Waals surface area (Å²) in [6.07, 6.45) is 29.0. The lowest BCUT2D eigenvalue weighted by Crippen LogP contribution is -2.53. The summed E-state index contributed by atoms with van der Waals surface area (Å²) in [5.74, 6) is 0. The molecule has 0 spiro atoms. The molecule has 2 atom stereocenters. The molecule has 0 aromatic rings. The number of likely N-dealkylation sites (N-methyl/N-ethyl adjacent to an activating group) is 1. The molecule has 0 aromatic heterocycles. The maximum Gasteiger partial charge on any atom is 0.182 e. The summed E-state index contributed by atoms with van der Waals surface area (Å²) < 4.78 is 0.977. The summed E-state index contributed by atoms with van der Waals surface area (Å²) in [5.41, 5.74) is 0. The molecule has 1 aliphatic heterocycles. The molecule has 0 aliphatic carbocycles. The zero-order valence-corrected chi connectivity index (χ0v) is 19.8. The van der Waals surface area contributed by atoms with Crippen molar-refractivity contribution in [3.63, 3.8) is 0 Å². The van der Waals surface area contributed by atoms with Crippen molar-refractivity contribution in [2.24, 2.45) is 4.99 Å². The highest BCUT2D eigenvalue weighted by molar-refractivity contribution is 5.60. The van der Waals surface area contributed by atoms with E-state index in [0.717, 1.165) is 24.1 Å². The van der Waals surface area contributed by atoms with Crippen LogP contribution in [0.15, 0.2) is 17.1 Å². The van der Waals surface area contributed by atoms with Crippen molar-refractivity contribution in [2.45, 2.75) is 123 Å². The predicted molar refractivity (Wildman–Crippen MR) is 129 cm³/mol. The third-order valence-electron chi connectivity index (χ3n) is 6.75. The topological polar surface area (TPSA) is 32.6 Å². The lowest BCUT2D eigenvalue weighted by atomic mass is 10.0. The fourth-order valence-electron chi connectivity index (χ4n) is 4.63. The lowest BCUT2D eigenvalue weighted by molar-refractivity contribution is -0.936. The number of rotatable bonds is 20. The first-order valence-corrected chi connectivity index (χ1v) is 12.9. The monoisotopic (exact) mass is 407 g/mol. The first-order valence-electron chi connectivity index (χ1n) is 12.9. The summed E-state index contributed by atoms with van der Waals surface area (Å²) in [7, 11) is 0. The van der Waals surface area contributed by atoms with E-state index in [1.54, 1.807) is 0 Å². The molecule has 2 unspecified atom stereocenters. The van der Waals surface area contributed by atoms with E-state index in [0.29, 0.717) is 6.17 Å². The van der Waals surface area contributed by atoms with E-state index in [4.69, 9.17) is 4.99 Å². The Morgan fingerprint density at radius 3 is 1.93 bits per heavy atom. The molecular formula is C26H51N2O+. The van der Waals surface area contributed by atoms with Crippen LogP contribution in [0.1, 0.15) is 117 Å². The average molecular weight is 408 g/mol. The molecule has 3 heteroatoms. The smallest absolute Gasteiger partial charge is 0.182 e. The minimum atomic E-state index is 0.281. The largest absolute Gasteiger partial charge is 0.391 e. The molecule has 29 heavy (non-hydrogen) atoms. The Hall–Kier alpha value is -0.670. The average Bonchev–Trinajstić information content (AvgIpc) is 3.13. The highest BCUT2D eigenvalue weighted by Gasteiger charge is 2.36. The number of aliphatic imine (C=N–C) groups is 1. The van der Waals surface area contributed by atoms with Gasteiger partial charge in [0.25, 0.3) is 0 Å². The van der Waals surface area contributed by atoms with Gasteiger partial charge in [-0.15, -0.1) is 0 Å². The van der Waals surface area contributed by atoms with E-state index in [9.17, 15) is 5.11 Å². The molecule has 1 rings (SSSR count). The summed E-state index contributed by atoms with van der Waals surface area (Å²) in [4.78, 5) is 4.72. The van der Waals surface area contributed by atoms with Gasteiger partial charge >= 0.3 is 0 Å². The number of allylic oxidation sites excluding steroid dienone is 2. The van der Waals surface area contributed by atoms with Gasteiger partial charge < -0.3 is 5.11 Å². The molecule has 0 amide bonds. The maximum atomic E-state index is 9.39. The zero-order valence-electron chi connectivity index (χ0n) is 19.8. The molecular weight excluding hydrogens is 356 g/mol. The standard InChI is InChI=1S/C26H51N2O/c1-3-5-6-7-8-9-10-11-12-13-14-15-16-17-18-19-20-21-26-27-22-23-28(26,4-2)24-25-29/h8-9,22,26,29H,3-7,10-21,23-25H2,1-2H3/q+1/b9-8+. The van der Waals surface area contributed by atoms with Gasteiger partial charge in [0.2, 0.25) is 0 Å². The van der Waals surface area contributed by atoms with Gasteiger partial charge in [0.15, 0.2) is 6.17 Å². The van der Waals surface area contributed by atoms with Crippen LogP contribution in [0.3, 0.4) is 0 Å². The molecule has 0 bridgehead atoms.